The smallest absolute Gasteiger partial charge is 0.129 e. The molecule has 3 nitrogen and oxygen atoms in total. The summed E-state index contributed by atoms with van der Waals surface area (Å²) >= 11 is 11.9. The molecule has 0 bridgehead atoms. The van der Waals surface area contributed by atoms with Crippen LogP contribution in [-0.4, -0.2) is 12.0 Å². The van der Waals surface area contributed by atoms with Crippen LogP contribution < -0.4 is 4.90 Å². The van der Waals surface area contributed by atoms with Gasteiger partial charge in [0.1, 0.15) is 5.15 Å². The Labute approximate surface area is 122 Å². The van der Waals surface area contributed by atoms with Gasteiger partial charge in [-0.3, -0.25) is 0 Å². The third-order valence-corrected chi connectivity index (χ3v) is 3.24. The van der Waals surface area contributed by atoms with E-state index in [9.17, 15) is 0 Å². The third kappa shape index (κ3) is 3.37. The fourth-order valence-electron chi connectivity index (χ4n) is 1.70. The van der Waals surface area contributed by atoms with Gasteiger partial charge in [0.25, 0.3) is 0 Å². The Morgan fingerprint density at radius 3 is 2.79 bits per heavy atom. The van der Waals surface area contributed by atoms with Gasteiger partial charge in [-0.1, -0.05) is 29.3 Å². The predicted octanol–water partition coefficient (Wildman–Crippen LogP) is 3.90. The number of hydrogen-bond donors (Lipinski definition) is 0. The van der Waals surface area contributed by atoms with Crippen molar-refractivity contribution in [1.82, 2.24) is 4.98 Å². The molecule has 1 heterocycles. The average Bonchev–Trinajstić information content (AvgIpc) is 2.43. The number of halogens is 2. The molecule has 0 saturated heterocycles. The van der Waals surface area contributed by atoms with Gasteiger partial charge in [0.05, 0.1) is 28.9 Å². The van der Waals surface area contributed by atoms with Crippen molar-refractivity contribution < 1.29 is 0 Å². The van der Waals surface area contributed by atoms with Crippen LogP contribution >= 0.6 is 23.2 Å². The summed E-state index contributed by atoms with van der Waals surface area (Å²) in [6.45, 7) is 0.522. The Balaban J connectivity index is 2.23. The first-order valence-electron chi connectivity index (χ1n) is 5.62. The highest BCUT2D eigenvalue weighted by atomic mass is 35.5. The average molecular weight is 292 g/mol. The lowest BCUT2D eigenvalue weighted by molar-refractivity contribution is 0.885. The van der Waals surface area contributed by atoms with Gasteiger partial charge in [-0.05, 0) is 30.3 Å². The lowest BCUT2D eigenvalue weighted by Crippen LogP contribution is -2.17. The van der Waals surface area contributed by atoms with E-state index in [-0.39, 0.29) is 0 Å². The summed E-state index contributed by atoms with van der Waals surface area (Å²) in [7, 11) is 1.91. The molecule has 0 saturated carbocycles. The minimum Gasteiger partial charge on any atom is -0.369 e. The van der Waals surface area contributed by atoms with Crippen LogP contribution in [0.2, 0.25) is 10.2 Å². The first-order valence-corrected chi connectivity index (χ1v) is 6.38. The summed E-state index contributed by atoms with van der Waals surface area (Å²) < 4.78 is 0. The molecular weight excluding hydrogens is 281 g/mol. The number of pyridine rings is 1. The van der Waals surface area contributed by atoms with E-state index in [4.69, 9.17) is 28.5 Å². The molecule has 0 fully saturated rings. The molecule has 0 unspecified atom stereocenters. The molecule has 0 spiro atoms. The van der Waals surface area contributed by atoms with E-state index in [0.717, 1.165) is 5.69 Å². The molecule has 96 valence electrons. The molecule has 1 aromatic heterocycles. The summed E-state index contributed by atoms with van der Waals surface area (Å²) in [4.78, 5) is 6.17. The molecule has 1 aromatic carbocycles. The Hall–Kier alpha value is -1.76. The molecule has 0 aliphatic carbocycles. The Kier molecular flexibility index (Phi) is 4.26. The number of anilines is 1. The van der Waals surface area contributed by atoms with Crippen LogP contribution in [0.25, 0.3) is 0 Å². The van der Waals surface area contributed by atoms with E-state index in [1.807, 2.05) is 30.1 Å². The molecule has 0 N–H and O–H groups in total. The first-order chi connectivity index (χ1) is 9.10. The number of rotatable bonds is 3. The Morgan fingerprint density at radius 1 is 1.26 bits per heavy atom. The zero-order valence-corrected chi connectivity index (χ0v) is 11.8. The summed E-state index contributed by atoms with van der Waals surface area (Å²) in [5, 5.41) is 9.89. The maximum Gasteiger partial charge on any atom is 0.129 e. The van der Waals surface area contributed by atoms with E-state index < -0.39 is 0 Å². The molecule has 0 aliphatic rings. The second kappa shape index (κ2) is 5.92. The molecule has 19 heavy (non-hydrogen) atoms. The maximum absolute atomic E-state index is 8.89. The van der Waals surface area contributed by atoms with Crippen LogP contribution in [0, 0.1) is 11.3 Å². The fourth-order valence-corrected chi connectivity index (χ4v) is 2.03. The number of hydrogen-bond acceptors (Lipinski definition) is 3. The van der Waals surface area contributed by atoms with Gasteiger partial charge in [0.2, 0.25) is 0 Å². The van der Waals surface area contributed by atoms with Crippen LogP contribution in [0.5, 0.6) is 0 Å². The highest BCUT2D eigenvalue weighted by molar-refractivity contribution is 6.32. The van der Waals surface area contributed by atoms with Crippen molar-refractivity contribution in [3.05, 3.63) is 57.8 Å². The highest BCUT2D eigenvalue weighted by Gasteiger charge is 2.08. The van der Waals surface area contributed by atoms with Crippen LogP contribution in [0.15, 0.2) is 36.4 Å². The lowest BCUT2D eigenvalue weighted by Gasteiger charge is -2.19. The molecule has 2 rings (SSSR count). The molecule has 0 atom stereocenters. The van der Waals surface area contributed by atoms with E-state index in [1.165, 1.54) is 0 Å². The normalized spacial score (nSPS) is 10.0. The van der Waals surface area contributed by atoms with Crippen LogP contribution in [0.4, 0.5) is 5.69 Å². The predicted molar refractivity (Wildman–Crippen MR) is 77.5 cm³/mol. The van der Waals surface area contributed by atoms with Gasteiger partial charge in [0, 0.05) is 12.7 Å². The summed E-state index contributed by atoms with van der Waals surface area (Å²) in [5.41, 5.74) is 2.26. The third-order valence-electron chi connectivity index (χ3n) is 2.69. The van der Waals surface area contributed by atoms with Crippen molar-refractivity contribution >= 4 is 28.9 Å². The molecular formula is C14H11Cl2N3. The van der Waals surface area contributed by atoms with Crippen molar-refractivity contribution in [1.29, 1.82) is 5.26 Å². The molecule has 0 aliphatic heterocycles. The van der Waals surface area contributed by atoms with E-state index in [1.54, 1.807) is 18.2 Å². The monoisotopic (exact) mass is 291 g/mol. The van der Waals surface area contributed by atoms with Crippen LogP contribution in [0.1, 0.15) is 11.3 Å². The van der Waals surface area contributed by atoms with Gasteiger partial charge in [0.15, 0.2) is 0 Å². The zero-order chi connectivity index (χ0) is 13.8. The second-order valence-electron chi connectivity index (χ2n) is 4.08. The minimum absolute atomic E-state index is 0.415. The number of benzene rings is 1. The maximum atomic E-state index is 8.89. The van der Waals surface area contributed by atoms with Crippen molar-refractivity contribution in [3.8, 4) is 6.07 Å². The van der Waals surface area contributed by atoms with E-state index in [0.29, 0.717) is 28.0 Å². The topological polar surface area (TPSA) is 39.9 Å². The van der Waals surface area contributed by atoms with Gasteiger partial charge in [-0.25, -0.2) is 4.98 Å². The largest absolute Gasteiger partial charge is 0.369 e. The molecule has 2 aromatic rings. The van der Waals surface area contributed by atoms with Crippen LogP contribution in [-0.2, 0) is 6.54 Å². The number of nitrogens with zero attached hydrogens (tertiary/aromatic N) is 3. The van der Waals surface area contributed by atoms with Crippen molar-refractivity contribution in [3.63, 3.8) is 0 Å². The molecule has 5 heteroatoms. The Morgan fingerprint density at radius 2 is 2.05 bits per heavy atom. The summed E-state index contributed by atoms with van der Waals surface area (Å²) in [6, 6.07) is 12.9. The standard InChI is InChI=1S/C14H11Cl2N3/c1-19(11-4-2-3-10(7-11)8-17)9-13-12(15)5-6-14(16)18-13/h2-7H,9H2,1H3. The Bertz CT molecular complexity index is 635. The number of nitriles is 1. The minimum atomic E-state index is 0.415. The second-order valence-corrected chi connectivity index (χ2v) is 4.88. The summed E-state index contributed by atoms with van der Waals surface area (Å²) in [6.07, 6.45) is 0. The van der Waals surface area contributed by atoms with E-state index in [2.05, 4.69) is 11.1 Å². The fraction of sp³-hybridized carbons (Fsp3) is 0.143. The van der Waals surface area contributed by atoms with Crippen molar-refractivity contribution in [2.75, 3.05) is 11.9 Å². The van der Waals surface area contributed by atoms with Crippen LogP contribution in [0.3, 0.4) is 0 Å². The number of aromatic nitrogens is 1. The van der Waals surface area contributed by atoms with Gasteiger partial charge in [-0.2, -0.15) is 5.26 Å². The van der Waals surface area contributed by atoms with Gasteiger partial charge < -0.3 is 4.90 Å². The van der Waals surface area contributed by atoms with Gasteiger partial charge in [-0.15, -0.1) is 0 Å². The SMILES string of the molecule is CN(Cc1nc(Cl)ccc1Cl)c1cccc(C#N)c1. The molecule has 0 radical (unpaired) electrons. The lowest BCUT2D eigenvalue weighted by atomic mass is 10.2. The first kappa shape index (κ1) is 13.7. The zero-order valence-electron chi connectivity index (χ0n) is 10.3. The quantitative estimate of drug-likeness (QED) is 0.805. The van der Waals surface area contributed by atoms with Crippen molar-refractivity contribution in [2.24, 2.45) is 0 Å². The van der Waals surface area contributed by atoms with Crippen molar-refractivity contribution in [2.45, 2.75) is 6.54 Å². The molecule has 0 amide bonds. The van der Waals surface area contributed by atoms with E-state index >= 15 is 0 Å². The summed E-state index contributed by atoms with van der Waals surface area (Å²) in [5.74, 6) is 0. The van der Waals surface area contributed by atoms with Gasteiger partial charge >= 0.3 is 0 Å². The highest BCUT2D eigenvalue weighted by Crippen LogP contribution is 2.21.